The van der Waals surface area contributed by atoms with E-state index >= 15 is 0 Å². The van der Waals surface area contributed by atoms with Gasteiger partial charge >= 0.3 is 0 Å². The summed E-state index contributed by atoms with van der Waals surface area (Å²) >= 11 is 0. The van der Waals surface area contributed by atoms with E-state index in [0.29, 0.717) is 24.5 Å². The average molecular weight is 460 g/mol. The minimum atomic E-state index is -1.21. The van der Waals surface area contributed by atoms with Crippen LogP contribution >= 0.6 is 0 Å². The lowest BCUT2D eigenvalue weighted by atomic mass is 9.82. The maximum atomic E-state index is 14.0. The normalized spacial score (nSPS) is 22.8. The quantitative estimate of drug-likeness (QED) is 0.622. The summed E-state index contributed by atoms with van der Waals surface area (Å²) in [6.07, 6.45) is 3.51. The monoisotopic (exact) mass is 459 g/mol. The highest BCUT2D eigenvalue weighted by Gasteiger charge is 2.44. The first-order valence-corrected chi connectivity index (χ1v) is 11.4. The fraction of sp³-hybridized carbons (Fsp3) is 0.440. The Hall–Kier alpha value is -2.87. The van der Waals surface area contributed by atoms with Gasteiger partial charge in [-0.15, -0.1) is 0 Å². The van der Waals surface area contributed by atoms with E-state index in [1.165, 1.54) is 0 Å². The number of nitrogens with two attached hydrogens (primary N) is 1. The van der Waals surface area contributed by atoms with E-state index in [4.69, 9.17) is 5.73 Å². The molecule has 33 heavy (non-hydrogen) atoms. The summed E-state index contributed by atoms with van der Waals surface area (Å²) in [5, 5.41) is 2.79. The Morgan fingerprint density at radius 1 is 1.00 bits per heavy atom. The molecule has 2 fully saturated rings. The molecular weight excluding hydrogens is 431 g/mol. The minimum absolute atomic E-state index is 0.00883. The number of hydrogen-bond acceptors (Lipinski definition) is 3. The third-order valence-corrected chi connectivity index (χ3v) is 6.87. The van der Waals surface area contributed by atoms with E-state index in [2.05, 4.69) is 5.32 Å². The van der Waals surface area contributed by atoms with E-state index in [9.17, 15) is 22.8 Å². The van der Waals surface area contributed by atoms with Crippen molar-refractivity contribution in [2.45, 2.75) is 56.7 Å². The van der Waals surface area contributed by atoms with Crippen LogP contribution in [0.3, 0.4) is 0 Å². The van der Waals surface area contributed by atoms with Crippen molar-refractivity contribution in [2.24, 2.45) is 11.7 Å². The van der Waals surface area contributed by atoms with Gasteiger partial charge in [-0.25, -0.2) is 13.2 Å². The molecule has 2 amide bonds. The summed E-state index contributed by atoms with van der Waals surface area (Å²) in [6.45, 7) is 0.265. The zero-order valence-corrected chi connectivity index (χ0v) is 18.3. The molecule has 0 aromatic heterocycles. The first-order chi connectivity index (χ1) is 15.8. The Kier molecular flexibility index (Phi) is 7.02. The number of halogens is 3. The molecule has 8 heteroatoms. The largest absolute Gasteiger partial charge is 0.352 e. The Morgan fingerprint density at radius 3 is 2.30 bits per heavy atom. The van der Waals surface area contributed by atoms with Gasteiger partial charge in [-0.05, 0) is 61.8 Å². The number of amides is 2. The van der Waals surface area contributed by atoms with Crippen molar-refractivity contribution >= 4 is 11.8 Å². The molecule has 2 unspecified atom stereocenters. The van der Waals surface area contributed by atoms with Crippen molar-refractivity contribution in [3.05, 3.63) is 71.0 Å². The highest BCUT2D eigenvalue weighted by Crippen LogP contribution is 2.40. The van der Waals surface area contributed by atoms with Gasteiger partial charge in [-0.3, -0.25) is 9.59 Å². The molecule has 2 bridgehead atoms. The van der Waals surface area contributed by atoms with Crippen LogP contribution < -0.4 is 11.1 Å². The number of piperidine rings is 1. The number of carbonyl (C=O) groups is 2. The van der Waals surface area contributed by atoms with E-state index in [1.807, 2.05) is 11.0 Å². The Balaban J connectivity index is 1.30. The van der Waals surface area contributed by atoms with Gasteiger partial charge in [-0.2, -0.15) is 0 Å². The van der Waals surface area contributed by atoms with Crippen LogP contribution in [0, 0.1) is 23.4 Å². The van der Waals surface area contributed by atoms with E-state index in [-0.39, 0.29) is 54.8 Å². The maximum Gasteiger partial charge on any atom is 0.251 e. The molecule has 2 aromatic carbocycles. The molecule has 2 heterocycles. The van der Waals surface area contributed by atoms with Crippen LogP contribution in [0.25, 0.3) is 0 Å². The molecule has 2 aliphatic heterocycles. The molecule has 0 aliphatic carbocycles. The summed E-state index contributed by atoms with van der Waals surface area (Å²) in [6, 6.07) is 9.99. The Morgan fingerprint density at radius 2 is 1.64 bits per heavy atom. The van der Waals surface area contributed by atoms with Gasteiger partial charge in [0.15, 0.2) is 11.6 Å². The molecule has 176 valence electrons. The molecule has 5 nitrogen and oxygen atoms in total. The van der Waals surface area contributed by atoms with Gasteiger partial charge in [0.25, 0.3) is 5.91 Å². The number of carbonyl (C=O) groups excluding carboxylic acids is 2. The smallest absolute Gasteiger partial charge is 0.251 e. The standard InChI is InChI=1S/C25H28F3N3O2/c26-20-14-22(28)21(27)12-16(20)13-23(29)17-10-18-6-7-19(11-17)31(18)24(32)8-9-30-25(33)15-4-2-1-3-5-15/h1-5,12,14,17-19,23H,6-11,13,29H2,(H,30,33)/t17?,18?,19?,23-/m1/s1. The fourth-order valence-electron chi connectivity index (χ4n) is 5.22. The summed E-state index contributed by atoms with van der Waals surface area (Å²) in [7, 11) is 0. The number of hydrogen-bond donors (Lipinski definition) is 2. The van der Waals surface area contributed by atoms with Crippen molar-refractivity contribution in [3.63, 3.8) is 0 Å². The number of nitrogens with one attached hydrogen (secondary N) is 1. The first kappa shape index (κ1) is 23.3. The zero-order chi connectivity index (χ0) is 23.5. The van der Waals surface area contributed by atoms with Crippen molar-refractivity contribution in [3.8, 4) is 0 Å². The second-order valence-electron chi connectivity index (χ2n) is 9.02. The predicted octanol–water partition coefficient (Wildman–Crippen LogP) is 3.56. The average Bonchev–Trinajstić information content (AvgIpc) is 3.07. The topological polar surface area (TPSA) is 75.4 Å². The minimum Gasteiger partial charge on any atom is -0.352 e. The molecule has 2 aliphatic rings. The molecule has 3 N–H and O–H groups in total. The molecule has 3 atom stereocenters. The van der Waals surface area contributed by atoms with Crippen LogP contribution in [0.4, 0.5) is 13.2 Å². The van der Waals surface area contributed by atoms with Gasteiger partial charge in [0.05, 0.1) is 0 Å². The lowest BCUT2D eigenvalue weighted by molar-refractivity contribution is -0.136. The van der Waals surface area contributed by atoms with Crippen LogP contribution in [-0.4, -0.2) is 41.4 Å². The van der Waals surface area contributed by atoms with Crippen LogP contribution in [0.1, 0.15) is 48.0 Å². The third-order valence-electron chi connectivity index (χ3n) is 6.87. The van der Waals surface area contributed by atoms with Crippen LogP contribution in [0.2, 0.25) is 0 Å². The van der Waals surface area contributed by atoms with E-state index < -0.39 is 23.5 Å². The Labute approximate surface area is 191 Å². The van der Waals surface area contributed by atoms with Gasteiger partial charge in [0.1, 0.15) is 5.82 Å². The van der Waals surface area contributed by atoms with Crippen molar-refractivity contribution in [1.82, 2.24) is 10.2 Å². The molecule has 2 saturated heterocycles. The van der Waals surface area contributed by atoms with Crippen LogP contribution in [-0.2, 0) is 11.2 Å². The van der Waals surface area contributed by atoms with Gasteiger partial charge in [0.2, 0.25) is 5.91 Å². The Bertz CT molecular complexity index is 1000. The molecular formula is C25H28F3N3O2. The second-order valence-corrected chi connectivity index (χ2v) is 9.02. The number of fused-ring (bicyclic) bond motifs is 2. The molecule has 4 rings (SSSR count). The van der Waals surface area contributed by atoms with Gasteiger partial charge in [0, 0.05) is 42.7 Å². The van der Waals surface area contributed by atoms with Crippen LogP contribution in [0.5, 0.6) is 0 Å². The van der Waals surface area contributed by atoms with Crippen molar-refractivity contribution in [1.29, 1.82) is 0 Å². The molecule has 0 radical (unpaired) electrons. The zero-order valence-electron chi connectivity index (χ0n) is 18.3. The van der Waals surface area contributed by atoms with E-state index in [0.717, 1.165) is 18.9 Å². The molecule has 0 saturated carbocycles. The number of rotatable bonds is 7. The summed E-state index contributed by atoms with van der Waals surface area (Å²) in [5.41, 5.74) is 6.97. The lowest BCUT2D eigenvalue weighted by Gasteiger charge is -2.41. The number of benzene rings is 2. The van der Waals surface area contributed by atoms with Crippen molar-refractivity contribution in [2.75, 3.05) is 6.54 Å². The first-order valence-electron chi connectivity index (χ1n) is 11.4. The number of nitrogens with zero attached hydrogens (tertiary/aromatic N) is 1. The third kappa shape index (κ3) is 5.21. The summed E-state index contributed by atoms with van der Waals surface area (Å²) in [4.78, 5) is 27.0. The van der Waals surface area contributed by atoms with Gasteiger partial charge < -0.3 is 16.0 Å². The fourth-order valence-corrected chi connectivity index (χ4v) is 5.22. The highest BCUT2D eigenvalue weighted by atomic mass is 19.2. The van der Waals surface area contributed by atoms with E-state index in [1.54, 1.807) is 24.3 Å². The SMILES string of the molecule is N[C@H](Cc1cc(F)c(F)cc1F)C1CC2CCC(C1)N2C(=O)CCNC(=O)c1ccccc1. The summed E-state index contributed by atoms with van der Waals surface area (Å²) in [5.74, 6) is -3.22. The lowest BCUT2D eigenvalue weighted by Crippen LogP contribution is -2.50. The van der Waals surface area contributed by atoms with Gasteiger partial charge in [-0.1, -0.05) is 18.2 Å². The highest BCUT2D eigenvalue weighted by molar-refractivity contribution is 5.94. The predicted molar refractivity (Wildman–Crippen MR) is 118 cm³/mol. The summed E-state index contributed by atoms with van der Waals surface area (Å²) < 4.78 is 40.7. The van der Waals surface area contributed by atoms with Crippen molar-refractivity contribution < 1.29 is 22.8 Å². The molecule has 0 spiro atoms. The second kappa shape index (κ2) is 9.95. The molecule has 2 aromatic rings. The maximum absolute atomic E-state index is 14.0. The van der Waals surface area contributed by atoms with Crippen LogP contribution in [0.15, 0.2) is 42.5 Å².